The molecule has 0 amide bonds. The van der Waals surface area contributed by atoms with E-state index < -0.39 is 0 Å². The molecule has 0 fully saturated rings. The highest BCUT2D eigenvalue weighted by molar-refractivity contribution is 6.10. The third-order valence-electron chi connectivity index (χ3n) is 10.9. The predicted molar refractivity (Wildman–Crippen MR) is 210 cm³/mol. The molecular formula is C48H34N2. The molecule has 1 aliphatic rings. The fraction of sp³-hybridized carbons (Fsp3) is 0.0625. The summed E-state index contributed by atoms with van der Waals surface area (Å²) in [6.07, 6.45) is 3.81. The van der Waals surface area contributed by atoms with Crippen LogP contribution in [0.15, 0.2) is 170 Å². The molecule has 10 rings (SSSR count). The molecule has 9 aromatic rings. The van der Waals surface area contributed by atoms with Crippen LogP contribution in [0.2, 0.25) is 0 Å². The summed E-state index contributed by atoms with van der Waals surface area (Å²) in [5.74, 6) is 0. The van der Waals surface area contributed by atoms with E-state index in [9.17, 15) is 0 Å². The van der Waals surface area contributed by atoms with Gasteiger partial charge in [-0.3, -0.25) is 4.98 Å². The molecule has 0 spiro atoms. The van der Waals surface area contributed by atoms with Crippen molar-refractivity contribution in [1.29, 1.82) is 0 Å². The van der Waals surface area contributed by atoms with Gasteiger partial charge in [0, 0.05) is 39.7 Å². The van der Waals surface area contributed by atoms with Crippen LogP contribution in [0.25, 0.3) is 82.8 Å². The number of rotatable bonds is 4. The molecule has 0 N–H and O–H groups in total. The number of hydrogen-bond donors (Lipinski definition) is 0. The molecule has 0 atom stereocenters. The molecule has 2 heterocycles. The van der Waals surface area contributed by atoms with Crippen molar-refractivity contribution < 1.29 is 0 Å². The number of para-hydroxylation sites is 2. The van der Waals surface area contributed by atoms with Crippen molar-refractivity contribution in [1.82, 2.24) is 9.55 Å². The van der Waals surface area contributed by atoms with Gasteiger partial charge in [0.25, 0.3) is 0 Å². The number of pyridine rings is 1. The Kier molecular flexibility index (Phi) is 6.25. The number of nitrogens with zero attached hydrogens (tertiary/aromatic N) is 2. The Morgan fingerprint density at radius 3 is 1.84 bits per heavy atom. The van der Waals surface area contributed by atoms with Gasteiger partial charge in [0.05, 0.1) is 11.0 Å². The minimum atomic E-state index is -0.124. The maximum absolute atomic E-state index is 4.31. The lowest BCUT2D eigenvalue weighted by atomic mass is 9.80. The second kappa shape index (κ2) is 10.9. The molecule has 236 valence electrons. The Morgan fingerprint density at radius 1 is 0.440 bits per heavy atom. The summed E-state index contributed by atoms with van der Waals surface area (Å²) in [6, 6.07) is 58.0. The lowest BCUT2D eigenvalue weighted by Crippen LogP contribution is -2.15. The van der Waals surface area contributed by atoms with Crippen molar-refractivity contribution in [2.24, 2.45) is 0 Å². The minimum Gasteiger partial charge on any atom is -0.309 e. The van der Waals surface area contributed by atoms with Crippen molar-refractivity contribution in [3.63, 3.8) is 0 Å². The Hall–Kier alpha value is -6.25. The van der Waals surface area contributed by atoms with Crippen molar-refractivity contribution in [2.45, 2.75) is 19.3 Å². The maximum atomic E-state index is 4.31. The van der Waals surface area contributed by atoms with Crippen LogP contribution in [0.3, 0.4) is 0 Å². The monoisotopic (exact) mass is 638 g/mol. The van der Waals surface area contributed by atoms with Crippen LogP contribution in [0.5, 0.6) is 0 Å². The van der Waals surface area contributed by atoms with Gasteiger partial charge >= 0.3 is 0 Å². The summed E-state index contributed by atoms with van der Waals surface area (Å²) in [7, 11) is 0. The van der Waals surface area contributed by atoms with Gasteiger partial charge in [-0.15, -0.1) is 0 Å². The second-order valence-corrected chi connectivity index (χ2v) is 14.0. The van der Waals surface area contributed by atoms with Crippen molar-refractivity contribution in [3.05, 3.63) is 181 Å². The quantitative estimate of drug-likeness (QED) is 0.188. The first kappa shape index (κ1) is 28.7. The van der Waals surface area contributed by atoms with E-state index >= 15 is 0 Å². The van der Waals surface area contributed by atoms with Crippen LogP contribution in [0.4, 0.5) is 0 Å². The second-order valence-electron chi connectivity index (χ2n) is 14.0. The third-order valence-corrected chi connectivity index (χ3v) is 10.9. The molecule has 0 saturated heterocycles. The van der Waals surface area contributed by atoms with Gasteiger partial charge in [-0.2, -0.15) is 0 Å². The normalized spacial score (nSPS) is 13.2. The average molecular weight is 639 g/mol. The number of aromatic nitrogens is 2. The van der Waals surface area contributed by atoms with E-state index in [-0.39, 0.29) is 5.41 Å². The lowest BCUT2D eigenvalue weighted by molar-refractivity contribution is 0.661. The largest absolute Gasteiger partial charge is 0.309 e. The maximum Gasteiger partial charge on any atom is 0.0541 e. The Labute approximate surface area is 291 Å². The SMILES string of the molecule is CC1(C)c2cc(-c3ccc(-c4cccc5cnccc45)cc3)ccc2-c2ccc(-c3ccc4c(c3)c3ccccc3n4-c3ccccc3)cc21. The first-order valence-electron chi connectivity index (χ1n) is 17.4. The third kappa shape index (κ3) is 4.32. The van der Waals surface area contributed by atoms with Gasteiger partial charge < -0.3 is 4.57 Å². The number of benzene rings is 7. The van der Waals surface area contributed by atoms with E-state index in [1.54, 1.807) is 0 Å². The molecule has 0 aliphatic heterocycles. The molecule has 50 heavy (non-hydrogen) atoms. The Morgan fingerprint density at radius 2 is 1.06 bits per heavy atom. The van der Waals surface area contributed by atoms with Crippen LogP contribution >= 0.6 is 0 Å². The molecule has 0 saturated carbocycles. The van der Waals surface area contributed by atoms with Gasteiger partial charge in [0.15, 0.2) is 0 Å². The predicted octanol–water partition coefficient (Wildman–Crippen LogP) is 12.6. The van der Waals surface area contributed by atoms with Gasteiger partial charge in [-0.25, -0.2) is 0 Å². The molecule has 0 radical (unpaired) electrons. The zero-order chi connectivity index (χ0) is 33.4. The Balaban J connectivity index is 1.01. The van der Waals surface area contributed by atoms with Crippen LogP contribution in [-0.4, -0.2) is 9.55 Å². The van der Waals surface area contributed by atoms with E-state index in [1.165, 1.54) is 88.5 Å². The first-order valence-corrected chi connectivity index (χ1v) is 17.4. The van der Waals surface area contributed by atoms with Gasteiger partial charge in [0.2, 0.25) is 0 Å². The molecule has 0 unspecified atom stereocenters. The van der Waals surface area contributed by atoms with Crippen LogP contribution in [0, 0.1) is 0 Å². The van der Waals surface area contributed by atoms with Crippen LogP contribution in [-0.2, 0) is 5.41 Å². The molecule has 2 heteroatoms. The Bertz CT molecular complexity index is 2760. The highest BCUT2D eigenvalue weighted by atomic mass is 15.0. The summed E-state index contributed by atoms with van der Waals surface area (Å²) in [4.78, 5) is 4.31. The molecule has 7 aromatic carbocycles. The van der Waals surface area contributed by atoms with Crippen LogP contribution in [0.1, 0.15) is 25.0 Å². The highest BCUT2D eigenvalue weighted by Gasteiger charge is 2.36. The molecule has 2 aromatic heterocycles. The van der Waals surface area contributed by atoms with Gasteiger partial charge in [-0.05, 0) is 110 Å². The van der Waals surface area contributed by atoms with Crippen LogP contribution < -0.4 is 0 Å². The summed E-state index contributed by atoms with van der Waals surface area (Å²) in [6.45, 7) is 4.75. The molecular weight excluding hydrogens is 605 g/mol. The topological polar surface area (TPSA) is 17.8 Å². The fourth-order valence-corrected chi connectivity index (χ4v) is 8.32. The van der Waals surface area contributed by atoms with Crippen molar-refractivity contribution in [2.75, 3.05) is 0 Å². The van der Waals surface area contributed by atoms with E-state index in [0.29, 0.717) is 0 Å². The van der Waals surface area contributed by atoms with E-state index in [2.05, 4.69) is 181 Å². The van der Waals surface area contributed by atoms with Crippen molar-refractivity contribution >= 4 is 32.6 Å². The van der Waals surface area contributed by atoms with E-state index in [1.807, 2.05) is 12.4 Å². The van der Waals surface area contributed by atoms with E-state index in [0.717, 1.165) is 5.39 Å². The first-order chi connectivity index (χ1) is 24.5. The van der Waals surface area contributed by atoms with E-state index in [4.69, 9.17) is 0 Å². The average Bonchev–Trinajstić information content (AvgIpc) is 3.62. The summed E-state index contributed by atoms with van der Waals surface area (Å²) in [5, 5.41) is 4.94. The van der Waals surface area contributed by atoms with Crippen molar-refractivity contribution in [3.8, 4) is 50.2 Å². The fourth-order valence-electron chi connectivity index (χ4n) is 8.32. The smallest absolute Gasteiger partial charge is 0.0541 e. The number of hydrogen-bond acceptors (Lipinski definition) is 1. The molecule has 0 bridgehead atoms. The zero-order valence-electron chi connectivity index (χ0n) is 28.1. The zero-order valence-corrected chi connectivity index (χ0v) is 28.1. The molecule has 1 aliphatic carbocycles. The lowest BCUT2D eigenvalue weighted by Gasteiger charge is -2.22. The molecule has 2 nitrogen and oxygen atoms in total. The summed E-state index contributed by atoms with van der Waals surface area (Å²) in [5.41, 5.74) is 16.4. The summed E-state index contributed by atoms with van der Waals surface area (Å²) < 4.78 is 2.38. The standard InChI is InChI=1S/C48H34N2/c1-48(2)44-28-34(31-15-17-32(18-16-31)38-13-8-9-36-30-49-26-25-39(36)38)19-22-40(44)41-23-20-35(29-45(41)48)33-21-24-47-43(27-33)42-12-6-7-14-46(42)50(47)37-10-4-3-5-11-37/h3-30H,1-2H3. The highest BCUT2D eigenvalue weighted by Crippen LogP contribution is 2.51. The summed E-state index contributed by atoms with van der Waals surface area (Å²) >= 11 is 0. The van der Waals surface area contributed by atoms with Gasteiger partial charge in [0.1, 0.15) is 0 Å². The number of fused-ring (bicyclic) bond motifs is 7. The minimum absolute atomic E-state index is 0.124. The van der Waals surface area contributed by atoms with Gasteiger partial charge in [-0.1, -0.05) is 123 Å².